The zero-order valence-electron chi connectivity index (χ0n) is 10.8. The highest BCUT2D eigenvalue weighted by Gasteiger charge is 2.15. The van der Waals surface area contributed by atoms with E-state index in [1.54, 1.807) is 12.1 Å². The summed E-state index contributed by atoms with van der Waals surface area (Å²) in [5.41, 5.74) is 0.721. The molecule has 0 radical (unpaired) electrons. The number of aromatic nitrogens is 2. The molecular formula is C13H15BrFN3O. The van der Waals surface area contributed by atoms with Crippen molar-refractivity contribution in [1.29, 1.82) is 0 Å². The molecule has 4 nitrogen and oxygen atoms in total. The second-order valence-electron chi connectivity index (χ2n) is 4.29. The van der Waals surface area contributed by atoms with Crippen molar-refractivity contribution >= 4 is 15.9 Å². The minimum Gasteiger partial charge on any atom is -0.339 e. The first-order valence-electron chi connectivity index (χ1n) is 6.11. The molecule has 2 rings (SSSR count). The summed E-state index contributed by atoms with van der Waals surface area (Å²) in [6.07, 6.45) is 0. The summed E-state index contributed by atoms with van der Waals surface area (Å²) in [7, 11) is 0. The highest BCUT2D eigenvalue weighted by Crippen LogP contribution is 2.24. The zero-order chi connectivity index (χ0) is 13.8. The van der Waals surface area contributed by atoms with Gasteiger partial charge in [-0.15, -0.1) is 0 Å². The zero-order valence-corrected chi connectivity index (χ0v) is 12.4. The lowest BCUT2D eigenvalue weighted by molar-refractivity contribution is 0.355. The van der Waals surface area contributed by atoms with Gasteiger partial charge >= 0.3 is 0 Å². The molecule has 19 heavy (non-hydrogen) atoms. The Hall–Kier alpha value is -1.27. The topological polar surface area (TPSA) is 51.0 Å². The van der Waals surface area contributed by atoms with Crippen LogP contribution in [0.4, 0.5) is 4.39 Å². The van der Waals surface area contributed by atoms with Gasteiger partial charge in [0.1, 0.15) is 5.82 Å². The standard InChI is InChI=1S/C13H15BrFN3O/c1-3-16-7-8(2)13-17-12(18-19-13)9-4-5-11(15)10(14)6-9/h4-6,8,16H,3,7H2,1-2H3. The van der Waals surface area contributed by atoms with Gasteiger partial charge in [-0.25, -0.2) is 4.39 Å². The first-order valence-corrected chi connectivity index (χ1v) is 6.91. The van der Waals surface area contributed by atoms with Crippen molar-refractivity contribution in [2.75, 3.05) is 13.1 Å². The van der Waals surface area contributed by atoms with Crippen LogP contribution in [-0.2, 0) is 0 Å². The molecule has 0 aliphatic heterocycles. The van der Waals surface area contributed by atoms with Gasteiger partial charge in [0.2, 0.25) is 11.7 Å². The van der Waals surface area contributed by atoms with Crippen molar-refractivity contribution in [3.05, 3.63) is 34.4 Å². The van der Waals surface area contributed by atoms with Gasteiger partial charge in [0.25, 0.3) is 0 Å². The molecule has 1 aromatic carbocycles. The van der Waals surface area contributed by atoms with Crippen molar-refractivity contribution in [3.63, 3.8) is 0 Å². The molecule has 1 aromatic heterocycles. The third kappa shape index (κ3) is 3.39. The number of likely N-dealkylation sites (N-methyl/N-ethyl adjacent to an activating group) is 1. The lowest BCUT2D eigenvalue weighted by Gasteiger charge is -2.05. The molecule has 0 fully saturated rings. The first-order chi connectivity index (χ1) is 9.11. The van der Waals surface area contributed by atoms with E-state index >= 15 is 0 Å². The van der Waals surface area contributed by atoms with Crippen molar-refractivity contribution in [3.8, 4) is 11.4 Å². The predicted octanol–water partition coefficient (Wildman–Crippen LogP) is 3.35. The molecule has 1 N–H and O–H groups in total. The predicted molar refractivity (Wildman–Crippen MR) is 74.4 cm³/mol. The van der Waals surface area contributed by atoms with Gasteiger partial charge in [-0.05, 0) is 40.7 Å². The number of nitrogens with zero attached hydrogens (tertiary/aromatic N) is 2. The quantitative estimate of drug-likeness (QED) is 0.914. The second-order valence-corrected chi connectivity index (χ2v) is 5.15. The molecule has 0 bridgehead atoms. The Bertz CT molecular complexity index is 559. The number of halogens is 2. The highest BCUT2D eigenvalue weighted by molar-refractivity contribution is 9.10. The Morgan fingerprint density at radius 3 is 2.95 bits per heavy atom. The number of rotatable bonds is 5. The maximum Gasteiger partial charge on any atom is 0.231 e. The summed E-state index contributed by atoms with van der Waals surface area (Å²) in [6, 6.07) is 4.64. The molecule has 1 heterocycles. The number of benzene rings is 1. The van der Waals surface area contributed by atoms with E-state index < -0.39 is 0 Å². The van der Waals surface area contributed by atoms with Crippen LogP contribution in [-0.4, -0.2) is 23.2 Å². The van der Waals surface area contributed by atoms with Crippen LogP contribution in [0.3, 0.4) is 0 Å². The van der Waals surface area contributed by atoms with E-state index in [1.807, 2.05) is 13.8 Å². The molecule has 6 heteroatoms. The maximum absolute atomic E-state index is 13.2. The smallest absolute Gasteiger partial charge is 0.231 e. The molecule has 0 spiro atoms. The summed E-state index contributed by atoms with van der Waals surface area (Å²) in [6.45, 7) is 5.74. The van der Waals surface area contributed by atoms with Gasteiger partial charge in [-0.2, -0.15) is 4.98 Å². The van der Waals surface area contributed by atoms with Crippen LogP contribution in [0.5, 0.6) is 0 Å². The Labute approximate surface area is 119 Å². The molecular weight excluding hydrogens is 313 g/mol. The lowest BCUT2D eigenvalue weighted by Crippen LogP contribution is -2.19. The van der Waals surface area contributed by atoms with Crippen LogP contribution < -0.4 is 5.32 Å². The number of hydrogen-bond donors (Lipinski definition) is 1. The maximum atomic E-state index is 13.2. The largest absolute Gasteiger partial charge is 0.339 e. The summed E-state index contributed by atoms with van der Waals surface area (Å²) in [4.78, 5) is 4.34. The summed E-state index contributed by atoms with van der Waals surface area (Å²) < 4.78 is 18.8. The molecule has 102 valence electrons. The molecule has 1 atom stereocenters. The molecule has 1 unspecified atom stereocenters. The minimum atomic E-state index is -0.312. The molecule has 0 amide bonds. The van der Waals surface area contributed by atoms with Crippen LogP contribution in [0.2, 0.25) is 0 Å². The van der Waals surface area contributed by atoms with E-state index in [-0.39, 0.29) is 11.7 Å². The fourth-order valence-corrected chi connectivity index (χ4v) is 2.01. The van der Waals surface area contributed by atoms with Gasteiger partial charge in [-0.3, -0.25) is 0 Å². The van der Waals surface area contributed by atoms with Crippen LogP contribution in [0.1, 0.15) is 25.7 Å². The second kappa shape index (κ2) is 6.25. The Balaban J connectivity index is 2.18. The van der Waals surface area contributed by atoms with Crippen molar-refractivity contribution < 1.29 is 8.91 Å². The van der Waals surface area contributed by atoms with E-state index in [4.69, 9.17) is 4.52 Å². The van der Waals surface area contributed by atoms with Gasteiger partial charge in [-0.1, -0.05) is 19.0 Å². The van der Waals surface area contributed by atoms with Crippen molar-refractivity contribution in [2.24, 2.45) is 0 Å². The Morgan fingerprint density at radius 1 is 1.47 bits per heavy atom. The van der Waals surface area contributed by atoms with Crippen molar-refractivity contribution in [2.45, 2.75) is 19.8 Å². The fraction of sp³-hybridized carbons (Fsp3) is 0.385. The fourth-order valence-electron chi connectivity index (χ4n) is 1.64. The molecule has 2 aromatic rings. The Kier molecular flexibility index (Phi) is 4.66. The van der Waals surface area contributed by atoms with Crippen LogP contribution in [0, 0.1) is 5.82 Å². The normalized spacial score (nSPS) is 12.6. The van der Waals surface area contributed by atoms with Crippen molar-refractivity contribution in [1.82, 2.24) is 15.5 Å². The number of nitrogens with one attached hydrogen (secondary N) is 1. The van der Waals surface area contributed by atoms with Gasteiger partial charge < -0.3 is 9.84 Å². The average molecular weight is 328 g/mol. The van der Waals surface area contributed by atoms with Gasteiger partial charge in [0.05, 0.1) is 4.47 Å². The lowest BCUT2D eigenvalue weighted by atomic mass is 10.2. The summed E-state index contributed by atoms with van der Waals surface area (Å²) in [5, 5.41) is 7.16. The molecule has 0 aliphatic carbocycles. The Morgan fingerprint density at radius 2 is 2.26 bits per heavy atom. The van der Waals surface area contributed by atoms with E-state index in [0.717, 1.165) is 18.7 Å². The van der Waals surface area contributed by atoms with Crippen LogP contribution in [0.25, 0.3) is 11.4 Å². The van der Waals surface area contributed by atoms with Gasteiger partial charge in [0, 0.05) is 18.0 Å². The number of hydrogen-bond acceptors (Lipinski definition) is 4. The third-order valence-corrected chi connectivity index (χ3v) is 3.35. The minimum absolute atomic E-state index is 0.144. The SMILES string of the molecule is CCNCC(C)c1nc(-c2ccc(F)c(Br)c2)no1. The third-order valence-electron chi connectivity index (χ3n) is 2.74. The van der Waals surface area contributed by atoms with E-state index in [1.165, 1.54) is 6.07 Å². The van der Waals surface area contributed by atoms with Crippen LogP contribution in [0.15, 0.2) is 27.2 Å². The van der Waals surface area contributed by atoms with Gasteiger partial charge in [0.15, 0.2) is 0 Å². The molecule has 0 saturated carbocycles. The monoisotopic (exact) mass is 327 g/mol. The van der Waals surface area contributed by atoms with E-state index in [9.17, 15) is 4.39 Å². The summed E-state index contributed by atoms with van der Waals surface area (Å²) >= 11 is 3.14. The van der Waals surface area contributed by atoms with Crippen LogP contribution >= 0.6 is 15.9 Å². The summed E-state index contributed by atoms with van der Waals surface area (Å²) in [5.74, 6) is 0.883. The molecule has 0 saturated heterocycles. The first kappa shape index (κ1) is 14.1. The van der Waals surface area contributed by atoms with E-state index in [0.29, 0.717) is 16.2 Å². The average Bonchev–Trinajstić information content (AvgIpc) is 2.89. The highest BCUT2D eigenvalue weighted by atomic mass is 79.9. The van der Waals surface area contributed by atoms with E-state index in [2.05, 4.69) is 31.4 Å². The molecule has 0 aliphatic rings.